The fraction of sp³-hybridized carbons (Fsp3) is 0.250. The van der Waals surface area contributed by atoms with Gasteiger partial charge in [-0.25, -0.2) is 0 Å². The maximum absolute atomic E-state index is 13.2. The van der Waals surface area contributed by atoms with Crippen molar-refractivity contribution in [3.63, 3.8) is 0 Å². The monoisotopic (exact) mass is 704 g/mol. The maximum Gasteiger partial charge on any atom is 0.304 e. The van der Waals surface area contributed by atoms with E-state index in [9.17, 15) is 17.8 Å². The van der Waals surface area contributed by atoms with E-state index >= 15 is 0 Å². The Labute approximate surface area is 288 Å². The van der Waals surface area contributed by atoms with Crippen LogP contribution in [0.25, 0.3) is 22.0 Å². The van der Waals surface area contributed by atoms with Gasteiger partial charge in [-0.3, -0.25) is 14.3 Å². The molecule has 9 nitrogen and oxygen atoms in total. The van der Waals surface area contributed by atoms with Gasteiger partial charge in [0.05, 0.1) is 12.1 Å². The molecule has 3 N–H and O–H groups in total. The Morgan fingerprint density at radius 1 is 0.979 bits per heavy atom. The van der Waals surface area contributed by atoms with Crippen LogP contribution in [0.5, 0.6) is 0 Å². The lowest BCUT2D eigenvalue weighted by atomic mass is 10.0. The molecular weight excluding hydrogens is 668 g/mol. The number of halogens is 1. The fourth-order valence-corrected chi connectivity index (χ4v) is 7.71. The normalized spacial score (nSPS) is 11.5. The van der Waals surface area contributed by atoms with Crippen molar-refractivity contribution in [3.8, 4) is 11.1 Å². The number of hydrogen-bond acceptors (Lipinski definition) is 8. The highest BCUT2D eigenvalue weighted by Gasteiger charge is 2.22. The summed E-state index contributed by atoms with van der Waals surface area (Å²) in [6, 6.07) is 22.6. The molecule has 0 spiro atoms. The van der Waals surface area contributed by atoms with Gasteiger partial charge >= 0.3 is 10.1 Å². The van der Waals surface area contributed by atoms with Crippen molar-refractivity contribution in [1.29, 1.82) is 0 Å². The molecule has 6 rings (SSSR count). The average molecular weight is 705 g/mol. The van der Waals surface area contributed by atoms with Crippen molar-refractivity contribution in [3.05, 3.63) is 127 Å². The summed E-state index contributed by atoms with van der Waals surface area (Å²) in [5.74, 6) is 1.28. The number of thiophene rings is 1. The summed E-state index contributed by atoms with van der Waals surface area (Å²) in [6.07, 6.45) is 3.02. The standard InChI is InChI=1S/C31H29ClN2O4S2.C5H8N2O/c1-3-8-28-25-13-14-30(35)34(29(25)17-22(33-28)15-20-9-6-5-7-10-20)19-21-11-12-24(27(32)16-21)26-18-23(4-2)39-31(26)40(36,37)38;1-3-4(2)8-7-5(3)6/h5-7,9-14,16-18H,3-4,8,15,19H2,1-2H3,(H,36,37,38);1-2H3,(H2,6,7). The number of aromatic nitrogens is 3. The molecule has 0 unspecified atom stereocenters. The van der Waals surface area contributed by atoms with Gasteiger partial charge in [0.25, 0.3) is 5.56 Å². The molecule has 0 aliphatic rings. The van der Waals surface area contributed by atoms with Crippen LogP contribution < -0.4 is 11.3 Å². The molecule has 12 heteroatoms. The molecule has 0 fully saturated rings. The molecule has 4 aromatic heterocycles. The van der Waals surface area contributed by atoms with E-state index in [2.05, 4.69) is 24.2 Å². The minimum Gasteiger partial charge on any atom is -0.381 e. The molecule has 0 saturated heterocycles. The van der Waals surface area contributed by atoms with Crippen LogP contribution in [0.2, 0.25) is 5.02 Å². The molecule has 0 aliphatic carbocycles. The number of pyridine rings is 2. The van der Waals surface area contributed by atoms with E-state index in [1.54, 1.807) is 28.8 Å². The number of nitrogen functional groups attached to an aromatic ring is 1. The Kier molecular flexibility index (Phi) is 10.8. The van der Waals surface area contributed by atoms with Crippen LogP contribution in [0.1, 0.15) is 59.0 Å². The molecular formula is C36H37ClN4O5S2. The van der Waals surface area contributed by atoms with E-state index in [1.165, 1.54) is 0 Å². The van der Waals surface area contributed by atoms with Crippen molar-refractivity contribution in [2.45, 2.75) is 64.1 Å². The van der Waals surface area contributed by atoms with E-state index in [0.717, 1.165) is 73.8 Å². The lowest BCUT2D eigenvalue weighted by Crippen LogP contribution is -2.21. The molecule has 0 saturated carbocycles. The number of aryl methyl sites for hydroxylation is 3. The molecule has 4 heterocycles. The number of anilines is 1. The van der Waals surface area contributed by atoms with Crippen molar-refractivity contribution >= 4 is 49.8 Å². The summed E-state index contributed by atoms with van der Waals surface area (Å²) in [5.41, 5.74) is 11.7. The molecule has 0 bridgehead atoms. The summed E-state index contributed by atoms with van der Waals surface area (Å²) >= 11 is 7.71. The van der Waals surface area contributed by atoms with Gasteiger partial charge in [0.2, 0.25) is 0 Å². The van der Waals surface area contributed by atoms with Crippen LogP contribution >= 0.6 is 22.9 Å². The minimum atomic E-state index is -4.40. The van der Waals surface area contributed by atoms with E-state index in [0.29, 0.717) is 34.8 Å². The highest BCUT2D eigenvalue weighted by molar-refractivity contribution is 7.88. The summed E-state index contributed by atoms with van der Waals surface area (Å²) in [7, 11) is -4.40. The quantitative estimate of drug-likeness (QED) is 0.144. The Morgan fingerprint density at radius 3 is 2.31 bits per heavy atom. The Bertz CT molecular complexity index is 2220. The van der Waals surface area contributed by atoms with Crippen LogP contribution in [-0.4, -0.2) is 27.7 Å². The van der Waals surface area contributed by atoms with Gasteiger partial charge in [0.1, 0.15) is 5.76 Å². The molecule has 0 radical (unpaired) electrons. The van der Waals surface area contributed by atoms with E-state index in [4.69, 9.17) is 26.8 Å². The Morgan fingerprint density at radius 2 is 1.73 bits per heavy atom. The molecule has 6 aromatic rings. The van der Waals surface area contributed by atoms with Gasteiger partial charge in [-0.05, 0) is 62.1 Å². The predicted molar refractivity (Wildman–Crippen MR) is 193 cm³/mol. The first kappa shape index (κ1) is 35.0. The molecule has 2 aromatic carbocycles. The van der Waals surface area contributed by atoms with E-state index in [-0.39, 0.29) is 16.3 Å². The van der Waals surface area contributed by atoms with Crippen molar-refractivity contribution < 1.29 is 17.5 Å². The highest BCUT2D eigenvalue weighted by atomic mass is 35.5. The van der Waals surface area contributed by atoms with Gasteiger partial charge < -0.3 is 14.8 Å². The number of fused-ring (bicyclic) bond motifs is 1. The summed E-state index contributed by atoms with van der Waals surface area (Å²) in [5, 5.41) is 4.81. The smallest absolute Gasteiger partial charge is 0.304 e. The van der Waals surface area contributed by atoms with Crippen molar-refractivity contribution in [2.24, 2.45) is 0 Å². The zero-order chi connectivity index (χ0) is 34.6. The second kappa shape index (κ2) is 14.9. The first-order valence-corrected chi connectivity index (χ1v) is 18.2. The van der Waals surface area contributed by atoms with Gasteiger partial charge in [-0.2, -0.15) is 8.42 Å². The molecule has 250 valence electrons. The third kappa shape index (κ3) is 7.87. The number of hydrogen-bond donors (Lipinski definition) is 2. The SMILES string of the molecule is CCCc1nc(Cc2ccccc2)cc2c1ccc(=O)n2Cc1ccc(-c2cc(CC)sc2S(=O)(=O)O)c(Cl)c1.Cc1onc(N)c1C. The third-order valence-electron chi connectivity index (χ3n) is 8.02. The molecule has 0 amide bonds. The third-order valence-corrected chi connectivity index (χ3v) is 11.0. The predicted octanol–water partition coefficient (Wildman–Crippen LogP) is 8.05. The number of nitrogens with two attached hydrogens (primary N) is 1. The van der Waals surface area contributed by atoms with Crippen LogP contribution in [0.15, 0.2) is 86.3 Å². The second-order valence-corrected chi connectivity index (χ2v) is 14.6. The second-order valence-electron chi connectivity index (χ2n) is 11.5. The van der Waals surface area contributed by atoms with Gasteiger partial charge in [-0.1, -0.05) is 79.5 Å². The van der Waals surface area contributed by atoms with Crippen LogP contribution in [0, 0.1) is 13.8 Å². The maximum atomic E-state index is 13.2. The van der Waals surface area contributed by atoms with Crippen molar-refractivity contribution in [2.75, 3.05) is 5.73 Å². The van der Waals surface area contributed by atoms with Gasteiger partial charge in [-0.15, -0.1) is 11.3 Å². The first-order chi connectivity index (χ1) is 22.9. The number of nitrogens with zero attached hydrogens (tertiary/aromatic N) is 3. The average Bonchev–Trinajstić information content (AvgIpc) is 3.62. The summed E-state index contributed by atoms with van der Waals surface area (Å²) < 4.78 is 40.2. The Balaban J connectivity index is 0.000000494. The summed E-state index contributed by atoms with van der Waals surface area (Å²) in [6.45, 7) is 8.02. The zero-order valence-corrected chi connectivity index (χ0v) is 29.5. The first-order valence-electron chi connectivity index (χ1n) is 15.5. The fourth-order valence-electron chi connectivity index (χ4n) is 5.37. The van der Waals surface area contributed by atoms with Crippen LogP contribution in [0.3, 0.4) is 0 Å². The lowest BCUT2D eigenvalue weighted by Gasteiger charge is -2.15. The van der Waals surface area contributed by atoms with Crippen molar-refractivity contribution in [1.82, 2.24) is 14.7 Å². The molecule has 48 heavy (non-hydrogen) atoms. The molecule has 0 aliphatic heterocycles. The van der Waals surface area contributed by atoms with Gasteiger partial charge in [0, 0.05) is 55.9 Å². The number of benzene rings is 2. The highest BCUT2D eigenvalue weighted by Crippen LogP contribution is 2.39. The van der Waals surface area contributed by atoms with E-state index < -0.39 is 10.1 Å². The molecule has 0 atom stereocenters. The van der Waals surface area contributed by atoms with Gasteiger partial charge in [0.15, 0.2) is 10.0 Å². The topological polar surface area (TPSA) is 141 Å². The largest absolute Gasteiger partial charge is 0.381 e. The van der Waals surface area contributed by atoms with Crippen LogP contribution in [-0.2, 0) is 35.9 Å². The van der Waals surface area contributed by atoms with E-state index in [1.807, 2.05) is 57.2 Å². The minimum absolute atomic E-state index is 0.119. The number of rotatable bonds is 9. The summed E-state index contributed by atoms with van der Waals surface area (Å²) in [4.78, 5) is 18.9. The Hall–Kier alpha value is -4.29. The zero-order valence-electron chi connectivity index (χ0n) is 27.2. The lowest BCUT2D eigenvalue weighted by molar-refractivity contribution is 0.399. The van der Waals surface area contributed by atoms with Crippen LogP contribution in [0.4, 0.5) is 5.82 Å².